The molecule has 0 radical (unpaired) electrons. The molecule has 6 heteroatoms. The number of nitrogens with zero attached hydrogens (tertiary/aromatic N) is 2. The molecular formula is C16H19ClN4S. The molecule has 4 nitrogen and oxygen atoms in total. The Labute approximate surface area is 141 Å². The zero-order valence-electron chi connectivity index (χ0n) is 12.7. The van der Waals surface area contributed by atoms with Gasteiger partial charge in [0.2, 0.25) is 0 Å². The molecule has 22 heavy (non-hydrogen) atoms. The van der Waals surface area contributed by atoms with Gasteiger partial charge in [-0.2, -0.15) is 5.26 Å². The normalized spacial score (nSPS) is 20.6. The van der Waals surface area contributed by atoms with E-state index >= 15 is 0 Å². The Morgan fingerprint density at radius 3 is 2.86 bits per heavy atom. The first-order valence-corrected chi connectivity index (χ1v) is 8.20. The lowest BCUT2D eigenvalue weighted by Crippen LogP contribution is -2.27. The van der Waals surface area contributed by atoms with E-state index in [2.05, 4.69) is 28.6 Å². The molecule has 1 heterocycles. The number of hydrogen-bond acceptors (Lipinski definition) is 4. The molecule has 2 unspecified atom stereocenters. The van der Waals surface area contributed by atoms with E-state index in [1.807, 2.05) is 13.0 Å². The number of aromatic nitrogens is 1. The number of halogens is 1. The van der Waals surface area contributed by atoms with E-state index in [1.54, 1.807) is 12.3 Å². The summed E-state index contributed by atoms with van der Waals surface area (Å²) in [4.78, 5) is 4.54. The lowest BCUT2D eigenvalue weighted by Gasteiger charge is -2.16. The average molecular weight is 335 g/mol. The Kier molecular flexibility index (Phi) is 5.76. The second kappa shape index (κ2) is 7.57. The van der Waals surface area contributed by atoms with Crippen molar-refractivity contribution >= 4 is 34.5 Å². The van der Waals surface area contributed by atoms with Gasteiger partial charge in [-0.05, 0) is 31.4 Å². The number of nitriles is 1. The number of likely N-dealkylation sites (N-methyl/N-ethyl adjacent to an activating group) is 1. The summed E-state index contributed by atoms with van der Waals surface area (Å²) in [5.74, 6) is 0.637. The molecule has 1 aliphatic carbocycles. The summed E-state index contributed by atoms with van der Waals surface area (Å²) < 4.78 is 0. The maximum atomic E-state index is 9.56. The third-order valence-electron chi connectivity index (χ3n) is 3.73. The molecular weight excluding hydrogens is 316 g/mol. The van der Waals surface area contributed by atoms with Crippen LogP contribution in [0.4, 0.5) is 0 Å². The van der Waals surface area contributed by atoms with E-state index in [-0.39, 0.29) is 0 Å². The van der Waals surface area contributed by atoms with Crippen LogP contribution < -0.4 is 10.6 Å². The molecule has 1 aromatic heterocycles. The second-order valence-corrected chi connectivity index (χ2v) is 5.98. The molecule has 116 valence electrons. The molecule has 0 aliphatic heterocycles. The third-order valence-corrected chi connectivity index (χ3v) is 4.38. The van der Waals surface area contributed by atoms with E-state index < -0.39 is 0 Å². The van der Waals surface area contributed by atoms with Crippen LogP contribution >= 0.6 is 23.8 Å². The standard InChI is InChI=1S/C16H19ClN4S/c1-3-10-8-13(10)21-14(11-6-5-7-20-15(11)17)12(9-18)16(22)19-4-2/h5-7,10,13,21H,3-4,8H2,1-2H3,(H,19,22). The van der Waals surface area contributed by atoms with Gasteiger partial charge in [0.15, 0.2) is 0 Å². The first-order chi connectivity index (χ1) is 10.6. The van der Waals surface area contributed by atoms with Gasteiger partial charge in [0.05, 0.1) is 5.70 Å². The summed E-state index contributed by atoms with van der Waals surface area (Å²) in [5.41, 5.74) is 1.80. The van der Waals surface area contributed by atoms with Crippen LogP contribution in [-0.4, -0.2) is 22.6 Å². The number of nitrogens with one attached hydrogen (secondary N) is 2. The topological polar surface area (TPSA) is 60.7 Å². The minimum Gasteiger partial charge on any atom is -0.380 e. The molecule has 0 spiro atoms. The zero-order chi connectivity index (χ0) is 16.1. The van der Waals surface area contributed by atoms with Gasteiger partial charge >= 0.3 is 0 Å². The van der Waals surface area contributed by atoms with Crippen LogP contribution in [0, 0.1) is 17.2 Å². The van der Waals surface area contributed by atoms with Gasteiger partial charge in [-0.1, -0.05) is 37.2 Å². The molecule has 1 fully saturated rings. The van der Waals surface area contributed by atoms with Crippen molar-refractivity contribution in [1.82, 2.24) is 15.6 Å². The van der Waals surface area contributed by atoms with Gasteiger partial charge in [-0.3, -0.25) is 0 Å². The highest BCUT2D eigenvalue weighted by Crippen LogP contribution is 2.36. The lowest BCUT2D eigenvalue weighted by molar-refractivity contribution is 0.715. The summed E-state index contributed by atoms with van der Waals surface area (Å²) in [6.07, 6.45) is 3.85. The van der Waals surface area contributed by atoms with Crippen molar-refractivity contribution < 1.29 is 0 Å². The molecule has 0 amide bonds. The van der Waals surface area contributed by atoms with Crippen molar-refractivity contribution in [1.29, 1.82) is 5.26 Å². The predicted octanol–water partition coefficient (Wildman–Crippen LogP) is 3.29. The van der Waals surface area contributed by atoms with Crippen molar-refractivity contribution in [2.75, 3.05) is 6.54 Å². The number of hydrogen-bond donors (Lipinski definition) is 2. The van der Waals surface area contributed by atoms with Crippen LogP contribution in [0.3, 0.4) is 0 Å². The van der Waals surface area contributed by atoms with E-state index in [0.29, 0.717) is 45.5 Å². The zero-order valence-corrected chi connectivity index (χ0v) is 14.3. The fourth-order valence-corrected chi connectivity index (χ4v) is 2.89. The first-order valence-electron chi connectivity index (χ1n) is 7.42. The van der Waals surface area contributed by atoms with Gasteiger partial charge in [0, 0.05) is 24.3 Å². The average Bonchev–Trinajstić information content (AvgIpc) is 3.26. The lowest BCUT2D eigenvalue weighted by atomic mass is 10.1. The van der Waals surface area contributed by atoms with Gasteiger partial charge in [-0.25, -0.2) is 4.98 Å². The summed E-state index contributed by atoms with van der Waals surface area (Å²) in [6.45, 7) is 4.78. The second-order valence-electron chi connectivity index (χ2n) is 5.22. The third kappa shape index (κ3) is 3.76. The van der Waals surface area contributed by atoms with Gasteiger partial charge in [0.25, 0.3) is 0 Å². The summed E-state index contributed by atoms with van der Waals surface area (Å²) in [6, 6.07) is 6.23. The number of thiocarbonyl (C=S) groups is 1. The van der Waals surface area contributed by atoms with Gasteiger partial charge in [-0.15, -0.1) is 0 Å². The van der Waals surface area contributed by atoms with Crippen LogP contribution in [0.1, 0.15) is 32.3 Å². The largest absolute Gasteiger partial charge is 0.380 e. The highest BCUT2D eigenvalue weighted by atomic mass is 35.5. The van der Waals surface area contributed by atoms with Crippen LogP contribution in [0.5, 0.6) is 0 Å². The molecule has 2 atom stereocenters. The maximum absolute atomic E-state index is 9.56. The SMILES string of the molecule is CCNC(=S)C(C#N)=C(NC1CC1CC)c1cccnc1Cl. The molecule has 0 saturated heterocycles. The Morgan fingerprint density at radius 1 is 1.55 bits per heavy atom. The maximum Gasteiger partial charge on any atom is 0.138 e. The van der Waals surface area contributed by atoms with Crippen LogP contribution in [0.15, 0.2) is 23.9 Å². The highest BCUT2D eigenvalue weighted by Gasteiger charge is 2.36. The summed E-state index contributed by atoms with van der Waals surface area (Å²) >= 11 is 11.5. The van der Waals surface area contributed by atoms with E-state index in [4.69, 9.17) is 23.8 Å². The monoisotopic (exact) mass is 334 g/mol. The highest BCUT2D eigenvalue weighted by molar-refractivity contribution is 7.80. The molecule has 2 rings (SSSR count). The quantitative estimate of drug-likeness (QED) is 0.362. The Bertz CT molecular complexity index is 635. The minimum absolute atomic E-state index is 0.365. The van der Waals surface area contributed by atoms with E-state index in [9.17, 15) is 5.26 Å². The molecule has 2 N–H and O–H groups in total. The molecule has 0 bridgehead atoms. The molecule has 0 aromatic carbocycles. The van der Waals surface area contributed by atoms with Crippen molar-refractivity contribution in [3.8, 4) is 6.07 Å². The Hall–Kier alpha value is -1.64. The van der Waals surface area contributed by atoms with Crippen LogP contribution in [-0.2, 0) is 0 Å². The van der Waals surface area contributed by atoms with Crippen molar-refractivity contribution in [3.63, 3.8) is 0 Å². The minimum atomic E-state index is 0.365. The Morgan fingerprint density at radius 2 is 2.32 bits per heavy atom. The van der Waals surface area contributed by atoms with Crippen LogP contribution in [0.25, 0.3) is 5.70 Å². The molecule has 1 aromatic rings. The summed E-state index contributed by atoms with van der Waals surface area (Å²) in [7, 11) is 0. The van der Waals surface area contributed by atoms with Crippen molar-refractivity contribution in [3.05, 3.63) is 34.6 Å². The predicted molar refractivity (Wildman–Crippen MR) is 93.4 cm³/mol. The first kappa shape index (κ1) is 16.7. The molecule has 1 saturated carbocycles. The fraction of sp³-hybridized carbons (Fsp3) is 0.438. The van der Waals surface area contributed by atoms with Gasteiger partial charge in [0.1, 0.15) is 21.8 Å². The van der Waals surface area contributed by atoms with E-state index in [0.717, 1.165) is 12.8 Å². The number of rotatable bonds is 6. The van der Waals surface area contributed by atoms with Gasteiger partial charge < -0.3 is 10.6 Å². The van der Waals surface area contributed by atoms with E-state index in [1.165, 1.54) is 0 Å². The van der Waals surface area contributed by atoms with Crippen molar-refractivity contribution in [2.24, 2.45) is 5.92 Å². The fourth-order valence-electron chi connectivity index (χ4n) is 2.39. The number of pyridine rings is 1. The van der Waals surface area contributed by atoms with Crippen LogP contribution in [0.2, 0.25) is 5.15 Å². The Balaban J connectivity index is 2.43. The smallest absolute Gasteiger partial charge is 0.138 e. The summed E-state index contributed by atoms with van der Waals surface area (Å²) in [5, 5.41) is 16.4. The molecule has 1 aliphatic rings. The van der Waals surface area contributed by atoms with Crippen molar-refractivity contribution in [2.45, 2.75) is 32.7 Å².